The van der Waals surface area contributed by atoms with Gasteiger partial charge in [-0.2, -0.15) is 13.2 Å². The Hall–Kier alpha value is -6.95. The number of nitrogens with zero attached hydrogens (tertiary/aromatic N) is 7. The van der Waals surface area contributed by atoms with Gasteiger partial charge in [0.2, 0.25) is 5.88 Å². The molecular formula is C48H45F5N8O4S. The first-order valence-corrected chi connectivity index (χ1v) is 22.0. The van der Waals surface area contributed by atoms with Crippen molar-refractivity contribution in [3.63, 3.8) is 0 Å². The van der Waals surface area contributed by atoms with Gasteiger partial charge in [-0.1, -0.05) is 48.2 Å². The fourth-order valence-electron chi connectivity index (χ4n) is 7.99. The standard InChI is InChI=1S/C48H45F5N8O4S/c1-27-39(48(51,52)53)35(21-37(40(27)49)60(24-30-9-15-33(63-4)16-10-30)25-31-11-17-34(64-5)18-12-31)42-41(50)43-38-45(59-47(58-43)66-6)61(19-20-65-46(38)57-42)28(2)36-23-54-26-56-44(36)55-22-29-7-13-32(62-3)14-8-29/h7-18,21,23,26,28H,19-20,22,24-25H2,1-6H3,(H,54,55,56)/t28-/m1/s1. The van der Waals surface area contributed by atoms with Gasteiger partial charge in [-0.25, -0.2) is 33.7 Å². The summed E-state index contributed by atoms with van der Waals surface area (Å²) in [5.41, 5.74) is -0.922. The van der Waals surface area contributed by atoms with Crippen LogP contribution in [-0.2, 0) is 25.8 Å². The van der Waals surface area contributed by atoms with E-state index in [2.05, 4.69) is 25.3 Å². The number of anilines is 3. The number of rotatable bonds is 15. The van der Waals surface area contributed by atoms with Crippen molar-refractivity contribution in [2.75, 3.05) is 55.9 Å². The Morgan fingerprint density at radius 3 is 1.98 bits per heavy atom. The summed E-state index contributed by atoms with van der Waals surface area (Å²) in [7, 11) is 4.65. The number of methoxy groups -OCH3 is 3. The molecule has 12 nitrogen and oxygen atoms in total. The molecule has 1 aliphatic rings. The molecule has 0 spiro atoms. The fraction of sp³-hybridized carbons (Fsp3) is 0.271. The topological polar surface area (TPSA) is 120 Å². The van der Waals surface area contributed by atoms with Crippen molar-refractivity contribution in [3.8, 4) is 34.4 Å². The first-order valence-electron chi connectivity index (χ1n) is 20.7. The molecule has 0 amide bonds. The Morgan fingerprint density at radius 1 is 0.833 bits per heavy atom. The van der Waals surface area contributed by atoms with Crippen LogP contribution in [0.25, 0.3) is 22.2 Å². The van der Waals surface area contributed by atoms with Crippen molar-refractivity contribution in [2.45, 2.75) is 50.9 Å². The first-order chi connectivity index (χ1) is 31.8. The quantitative estimate of drug-likeness (QED) is 0.0597. The third kappa shape index (κ3) is 9.27. The zero-order valence-corrected chi connectivity index (χ0v) is 37.7. The number of benzene rings is 4. The van der Waals surface area contributed by atoms with E-state index in [1.54, 1.807) is 73.0 Å². The van der Waals surface area contributed by atoms with Gasteiger partial charge < -0.3 is 34.1 Å². The molecule has 0 radical (unpaired) electrons. The van der Waals surface area contributed by atoms with Crippen LogP contribution in [0.1, 0.15) is 46.3 Å². The average molecular weight is 925 g/mol. The molecule has 4 aromatic carbocycles. The minimum absolute atomic E-state index is 0.0118. The fourth-order valence-corrected chi connectivity index (χ4v) is 8.35. The predicted molar refractivity (Wildman–Crippen MR) is 244 cm³/mol. The molecule has 4 heterocycles. The molecular weight excluding hydrogens is 880 g/mol. The van der Waals surface area contributed by atoms with Crippen molar-refractivity contribution >= 4 is 40.0 Å². The van der Waals surface area contributed by atoms with Gasteiger partial charge in [0.1, 0.15) is 64.2 Å². The molecule has 0 unspecified atom stereocenters. The van der Waals surface area contributed by atoms with Gasteiger partial charge in [0.05, 0.1) is 45.2 Å². The second kappa shape index (κ2) is 19.3. The van der Waals surface area contributed by atoms with Gasteiger partial charge in [0, 0.05) is 37.0 Å². The number of hydrogen-bond donors (Lipinski definition) is 1. The molecule has 8 rings (SSSR count). The lowest BCUT2D eigenvalue weighted by Crippen LogP contribution is -2.31. The van der Waals surface area contributed by atoms with E-state index in [1.165, 1.54) is 20.5 Å². The molecule has 1 N–H and O–H groups in total. The normalized spacial score (nSPS) is 12.9. The maximum Gasteiger partial charge on any atom is 0.417 e. The molecule has 1 aliphatic heterocycles. The van der Waals surface area contributed by atoms with Crippen LogP contribution >= 0.6 is 11.8 Å². The Labute approximate surface area is 382 Å². The molecule has 0 saturated carbocycles. The summed E-state index contributed by atoms with van der Waals surface area (Å²) in [5.74, 6) is 0.249. The van der Waals surface area contributed by atoms with E-state index in [9.17, 15) is 0 Å². The zero-order chi connectivity index (χ0) is 46.7. The van der Waals surface area contributed by atoms with Gasteiger partial charge in [0.15, 0.2) is 11.0 Å². The molecule has 1 atom stereocenters. The number of halogens is 5. The number of alkyl halides is 3. The van der Waals surface area contributed by atoms with Gasteiger partial charge in [-0.15, -0.1) is 0 Å². The van der Waals surface area contributed by atoms with E-state index in [4.69, 9.17) is 23.9 Å². The van der Waals surface area contributed by atoms with Gasteiger partial charge in [0.25, 0.3) is 0 Å². The molecule has 0 bridgehead atoms. The lowest BCUT2D eigenvalue weighted by atomic mass is 9.95. The van der Waals surface area contributed by atoms with Crippen LogP contribution in [0.4, 0.5) is 39.3 Å². The van der Waals surface area contributed by atoms with Crippen LogP contribution in [0.3, 0.4) is 0 Å². The van der Waals surface area contributed by atoms with Crippen LogP contribution in [-0.4, -0.2) is 65.7 Å². The molecule has 0 fully saturated rings. The van der Waals surface area contributed by atoms with Gasteiger partial charge in [-0.05, 0) is 84.8 Å². The Morgan fingerprint density at radius 2 is 1.42 bits per heavy atom. The summed E-state index contributed by atoms with van der Waals surface area (Å²) in [6.45, 7) is 3.70. The van der Waals surface area contributed by atoms with Crippen LogP contribution < -0.4 is 34.1 Å². The third-order valence-corrected chi connectivity index (χ3v) is 12.0. The maximum absolute atomic E-state index is 17.5. The zero-order valence-electron chi connectivity index (χ0n) is 36.8. The van der Waals surface area contributed by atoms with E-state index >= 15 is 22.0 Å². The van der Waals surface area contributed by atoms with Crippen molar-refractivity contribution in [1.29, 1.82) is 0 Å². The summed E-state index contributed by atoms with van der Waals surface area (Å²) in [5, 5.41) is 3.60. The van der Waals surface area contributed by atoms with Crippen molar-refractivity contribution < 1.29 is 40.9 Å². The number of nitrogens with one attached hydrogen (secondary N) is 1. The average Bonchev–Trinajstić information content (AvgIpc) is 3.52. The largest absolute Gasteiger partial charge is 0.497 e. The van der Waals surface area contributed by atoms with Crippen LogP contribution in [0.5, 0.6) is 23.1 Å². The van der Waals surface area contributed by atoms with E-state index in [0.29, 0.717) is 40.6 Å². The molecule has 18 heteroatoms. The summed E-state index contributed by atoms with van der Waals surface area (Å²) in [4.78, 5) is 26.1. The molecule has 66 heavy (non-hydrogen) atoms. The Bertz CT molecular complexity index is 2810. The monoisotopic (exact) mass is 924 g/mol. The maximum atomic E-state index is 17.5. The Kier molecular flexibility index (Phi) is 13.3. The highest BCUT2D eigenvalue weighted by atomic mass is 32.2. The summed E-state index contributed by atoms with van der Waals surface area (Å²) in [6.07, 6.45) is -0.314. The van der Waals surface area contributed by atoms with E-state index in [0.717, 1.165) is 36.1 Å². The lowest BCUT2D eigenvalue weighted by Gasteiger charge is -2.30. The number of pyridine rings is 1. The summed E-state index contributed by atoms with van der Waals surface area (Å²) in [6, 6.07) is 22.2. The van der Waals surface area contributed by atoms with E-state index in [-0.39, 0.29) is 59.7 Å². The number of hydrogen-bond acceptors (Lipinski definition) is 13. The highest BCUT2D eigenvalue weighted by molar-refractivity contribution is 7.98. The molecule has 342 valence electrons. The van der Waals surface area contributed by atoms with Crippen LogP contribution in [0.2, 0.25) is 0 Å². The highest BCUT2D eigenvalue weighted by Crippen LogP contribution is 2.47. The molecule has 0 aliphatic carbocycles. The van der Waals surface area contributed by atoms with Gasteiger partial charge in [-0.3, -0.25) is 0 Å². The third-order valence-electron chi connectivity index (χ3n) is 11.4. The molecule has 3 aromatic heterocycles. The SMILES string of the molecule is COc1ccc(CNc2ncncc2[C@@H](C)N2CCOc3nc(-c4cc(N(Cc5ccc(OC)cc5)Cc5ccc(OC)cc5)c(F)c(C)c4C(F)(F)F)c(F)c4nc(SC)nc2c34)cc1. The Balaban J connectivity index is 1.25. The van der Waals surface area contributed by atoms with Crippen LogP contribution in [0.15, 0.2) is 96.5 Å². The summed E-state index contributed by atoms with van der Waals surface area (Å²) < 4.78 is 102. The second-order valence-corrected chi connectivity index (χ2v) is 16.2. The van der Waals surface area contributed by atoms with Crippen molar-refractivity contribution in [2.24, 2.45) is 0 Å². The number of aromatic nitrogens is 5. The molecule has 0 saturated heterocycles. The minimum Gasteiger partial charge on any atom is -0.497 e. The van der Waals surface area contributed by atoms with Gasteiger partial charge >= 0.3 is 6.18 Å². The minimum atomic E-state index is -5.13. The highest BCUT2D eigenvalue weighted by Gasteiger charge is 2.40. The second-order valence-electron chi connectivity index (χ2n) is 15.4. The van der Waals surface area contributed by atoms with E-state index in [1.807, 2.05) is 36.1 Å². The van der Waals surface area contributed by atoms with Crippen molar-refractivity contribution in [3.05, 3.63) is 136 Å². The molecule has 7 aromatic rings. The predicted octanol–water partition coefficient (Wildman–Crippen LogP) is 10.6. The first kappa shape index (κ1) is 45.6. The smallest absolute Gasteiger partial charge is 0.417 e. The van der Waals surface area contributed by atoms with Crippen molar-refractivity contribution in [1.82, 2.24) is 24.9 Å². The lowest BCUT2D eigenvalue weighted by molar-refractivity contribution is -0.137. The van der Waals surface area contributed by atoms with E-state index < -0.39 is 46.2 Å². The number of thioether (sulfide) groups is 1. The van der Waals surface area contributed by atoms with Crippen LogP contribution in [0, 0.1) is 18.6 Å². The summed E-state index contributed by atoms with van der Waals surface area (Å²) >= 11 is 1.13. The number of ether oxygens (including phenoxy) is 4.